The SMILES string of the molecule is C#Cc1cc(NC(=O)c2ccc(F)c(Cl)c2)ccc1C. The lowest BCUT2D eigenvalue weighted by Crippen LogP contribution is -2.12. The van der Waals surface area contributed by atoms with Crippen molar-refractivity contribution in [3.63, 3.8) is 0 Å². The number of aryl methyl sites for hydroxylation is 1. The summed E-state index contributed by atoms with van der Waals surface area (Å²) in [5.74, 6) is 1.61. The first-order valence-electron chi connectivity index (χ1n) is 5.85. The van der Waals surface area contributed by atoms with Crippen LogP contribution < -0.4 is 5.32 Å². The van der Waals surface area contributed by atoms with Crippen LogP contribution in [-0.2, 0) is 0 Å². The molecule has 0 aromatic heterocycles. The molecule has 1 amide bonds. The van der Waals surface area contributed by atoms with Gasteiger partial charge in [-0.05, 0) is 42.8 Å². The van der Waals surface area contributed by atoms with Crippen molar-refractivity contribution in [2.24, 2.45) is 0 Å². The number of anilines is 1. The van der Waals surface area contributed by atoms with Crippen LogP contribution in [0, 0.1) is 25.1 Å². The first kappa shape index (κ1) is 14.1. The highest BCUT2D eigenvalue weighted by molar-refractivity contribution is 6.31. The Morgan fingerprint density at radius 3 is 2.70 bits per heavy atom. The van der Waals surface area contributed by atoms with Crippen molar-refractivity contribution >= 4 is 23.2 Å². The van der Waals surface area contributed by atoms with Crippen molar-refractivity contribution in [3.8, 4) is 12.3 Å². The minimum absolute atomic E-state index is 0.0918. The van der Waals surface area contributed by atoms with E-state index in [9.17, 15) is 9.18 Å². The number of nitrogens with one attached hydrogen (secondary N) is 1. The van der Waals surface area contributed by atoms with E-state index < -0.39 is 5.82 Å². The minimum atomic E-state index is -0.562. The van der Waals surface area contributed by atoms with E-state index in [4.69, 9.17) is 18.0 Å². The zero-order chi connectivity index (χ0) is 14.7. The Morgan fingerprint density at radius 2 is 2.05 bits per heavy atom. The number of rotatable bonds is 2. The molecule has 2 nitrogen and oxygen atoms in total. The molecule has 4 heteroatoms. The van der Waals surface area contributed by atoms with E-state index >= 15 is 0 Å². The van der Waals surface area contributed by atoms with Crippen LogP contribution in [0.15, 0.2) is 36.4 Å². The lowest BCUT2D eigenvalue weighted by atomic mass is 10.1. The Balaban J connectivity index is 2.23. The first-order valence-corrected chi connectivity index (χ1v) is 6.22. The molecule has 0 saturated carbocycles. The van der Waals surface area contributed by atoms with Crippen molar-refractivity contribution in [2.45, 2.75) is 6.92 Å². The van der Waals surface area contributed by atoms with Crippen molar-refractivity contribution in [2.75, 3.05) is 5.32 Å². The molecule has 0 spiro atoms. The smallest absolute Gasteiger partial charge is 0.255 e. The number of benzene rings is 2. The van der Waals surface area contributed by atoms with Crippen LogP contribution >= 0.6 is 11.6 Å². The second kappa shape index (κ2) is 5.77. The van der Waals surface area contributed by atoms with E-state index in [0.717, 1.165) is 11.6 Å². The number of halogens is 2. The molecule has 2 aromatic rings. The minimum Gasteiger partial charge on any atom is -0.322 e. The Kier molecular flexibility index (Phi) is 4.07. The number of carbonyl (C=O) groups excluding carboxylic acids is 1. The van der Waals surface area contributed by atoms with Gasteiger partial charge in [0.15, 0.2) is 0 Å². The number of hydrogen-bond acceptors (Lipinski definition) is 1. The fourth-order valence-corrected chi connectivity index (χ4v) is 1.88. The highest BCUT2D eigenvalue weighted by Gasteiger charge is 2.09. The van der Waals surface area contributed by atoms with E-state index in [1.54, 1.807) is 12.1 Å². The second-order valence-electron chi connectivity index (χ2n) is 4.26. The summed E-state index contributed by atoms with van der Waals surface area (Å²) in [6.07, 6.45) is 5.38. The predicted molar refractivity (Wildman–Crippen MR) is 78.5 cm³/mol. The molecule has 0 radical (unpaired) electrons. The molecule has 0 aliphatic carbocycles. The molecular weight excluding hydrogens is 277 g/mol. The number of terminal acetylenes is 1. The Labute approximate surface area is 121 Å². The Morgan fingerprint density at radius 1 is 1.30 bits per heavy atom. The van der Waals surface area contributed by atoms with Crippen molar-refractivity contribution in [3.05, 3.63) is 63.9 Å². The molecule has 2 rings (SSSR count). The summed E-state index contributed by atoms with van der Waals surface area (Å²) in [6.45, 7) is 1.89. The number of amides is 1. The van der Waals surface area contributed by atoms with Gasteiger partial charge in [-0.1, -0.05) is 23.6 Å². The van der Waals surface area contributed by atoms with Crippen LogP contribution in [0.3, 0.4) is 0 Å². The maximum atomic E-state index is 13.0. The van der Waals surface area contributed by atoms with E-state index in [2.05, 4.69) is 11.2 Å². The summed E-state index contributed by atoms with van der Waals surface area (Å²) in [7, 11) is 0. The average molecular weight is 288 g/mol. The predicted octanol–water partition coefficient (Wildman–Crippen LogP) is 4.02. The topological polar surface area (TPSA) is 29.1 Å². The lowest BCUT2D eigenvalue weighted by molar-refractivity contribution is 0.102. The van der Waals surface area contributed by atoms with Gasteiger partial charge in [-0.2, -0.15) is 0 Å². The van der Waals surface area contributed by atoms with Gasteiger partial charge in [-0.25, -0.2) is 4.39 Å². The van der Waals surface area contributed by atoms with Crippen LogP contribution in [0.25, 0.3) is 0 Å². The van der Waals surface area contributed by atoms with Crippen molar-refractivity contribution in [1.29, 1.82) is 0 Å². The summed E-state index contributed by atoms with van der Waals surface area (Å²) >= 11 is 5.65. The van der Waals surface area contributed by atoms with E-state index in [1.165, 1.54) is 12.1 Å². The zero-order valence-corrected chi connectivity index (χ0v) is 11.5. The summed E-state index contributed by atoms with van der Waals surface area (Å²) in [4.78, 5) is 12.0. The average Bonchev–Trinajstić information content (AvgIpc) is 2.43. The van der Waals surface area contributed by atoms with Gasteiger partial charge in [0, 0.05) is 16.8 Å². The maximum absolute atomic E-state index is 13.0. The van der Waals surface area contributed by atoms with Gasteiger partial charge < -0.3 is 5.32 Å². The molecule has 0 aliphatic heterocycles. The van der Waals surface area contributed by atoms with E-state index in [-0.39, 0.29) is 16.5 Å². The van der Waals surface area contributed by atoms with Crippen molar-refractivity contribution in [1.82, 2.24) is 0 Å². The van der Waals surface area contributed by atoms with Crippen LogP contribution in [0.5, 0.6) is 0 Å². The molecule has 0 heterocycles. The van der Waals surface area contributed by atoms with Gasteiger partial charge in [0.05, 0.1) is 5.02 Å². The molecule has 0 atom stereocenters. The third kappa shape index (κ3) is 2.98. The van der Waals surface area contributed by atoms with Gasteiger partial charge in [0.2, 0.25) is 0 Å². The van der Waals surface area contributed by atoms with Crippen LogP contribution in [-0.4, -0.2) is 5.91 Å². The number of carbonyl (C=O) groups is 1. The number of hydrogen-bond donors (Lipinski definition) is 1. The van der Waals surface area contributed by atoms with Gasteiger partial charge in [-0.15, -0.1) is 6.42 Å². The Hall–Kier alpha value is -2.31. The highest BCUT2D eigenvalue weighted by Crippen LogP contribution is 2.18. The monoisotopic (exact) mass is 287 g/mol. The molecule has 100 valence electrons. The summed E-state index contributed by atoms with van der Waals surface area (Å²) in [6, 6.07) is 9.08. The fraction of sp³-hybridized carbons (Fsp3) is 0.0625. The zero-order valence-electron chi connectivity index (χ0n) is 10.7. The molecule has 0 aliphatic rings. The van der Waals surface area contributed by atoms with Crippen LogP contribution in [0.1, 0.15) is 21.5 Å². The van der Waals surface area contributed by atoms with Gasteiger partial charge in [0.25, 0.3) is 5.91 Å². The van der Waals surface area contributed by atoms with Gasteiger partial charge >= 0.3 is 0 Å². The molecular formula is C16H11ClFNO. The lowest BCUT2D eigenvalue weighted by Gasteiger charge is -2.07. The molecule has 0 fully saturated rings. The second-order valence-corrected chi connectivity index (χ2v) is 4.66. The summed E-state index contributed by atoms with van der Waals surface area (Å²) in [5, 5.41) is 2.60. The summed E-state index contributed by atoms with van der Waals surface area (Å²) in [5.41, 5.74) is 2.52. The Bertz CT molecular complexity index is 719. The van der Waals surface area contributed by atoms with E-state index in [0.29, 0.717) is 11.3 Å². The quantitative estimate of drug-likeness (QED) is 0.831. The van der Waals surface area contributed by atoms with Gasteiger partial charge in [-0.3, -0.25) is 4.79 Å². The molecule has 1 N–H and O–H groups in total. The fourth-order valence-electron chi connectivity index (χ4n) is 1.70. The normalized spacial score (nSPS) is 9.90. The molecule has 0 unspecified atom stereocenters. The third-order valence-electron chi connectivity index (χ3n) is 2.83. The highest BCUT2D eigenvalue weighted by atomic mass is 35.5. The largest absolute Gasteiger partial charge is 0.322 e. The van der Waals surface area contributed by atoms with Gasteiger partial charge in [0.1, 0.15) is 5.82 Å². The maximum Gasteiger partial charge on any atom is 0.255 e. The van der Waals surface area contributed by atoms with E-state index in [1.807, 2.05) is 13.0 Å². The molecule has 20 heavy (non-hydrogen) atoms. The third-order valence-corrected chi connectivity index (χ3v) is 3.12. The summed E-state index contributed by atoms with van der Waals surface area (Å²) < 4.78 is 13.0. The van der Waals surface area contributed by atoms with Crippen molar-refractivity contribution < 1.29 is 9.18 Å². The van der Waals surface area contributed by atoms with Crippen LogP contribution in [0.4, 0.5) is 10.1 Å². The molecule has 0 bridgehead atoms. The van der Waals surface area contributed by atoms with Crippen LogP contribution in [0.2, 0.25) is 5.02 Å². The standard InChI is InChI=1S/C16H11ClFNO/c1-3-11-8-13(6-4-10(11)2)19-16(20)12-5-7-15(18)14(17)9-12/h1,4-9H,2H3,(H,19,20). The first-order chi connectivity index (χ1) is 9.51. The molecule has 0 saturated heterocycles. The molecule has 2 aromatic carbocycles.